The number of nitrogens with one attached hydrogen (secondary N) is 1. The van der Waals surface area contributed by atoms with E-state index in [1.54, 1.807) is 31.3 Å². The first-order valence-corrected chi connectivity index (χ1v) is 8.11. The third kappa shape index (κ3) is 3.38. The molecule has 5 nitrogen and oxygen atoms in total. The number of halogens is 1. The summed E-state index contributed by atoms with van der Waals surface area (Å²) in [6.45, 7) is 2.57. The zero-order valence-corrected chi connectivity index (χ0v) is 14.5. The normalized spacial score (nSPS) is 16.2. The summed E-state index contributed by atoms with van der Waals surface area (Å²) in [5.41, 5.74) is 2.76. The van der Waals surface area contributed by atoms with Crippen molar-refractivity contribution in [2.24, 2.45) is 0 Å². The van der Waals surface area contributed by atoms with Gasteiger partial charge in [-0.2, -0.15) is 0 Å². The van der Waals surface area contributed by atoms with Gasteiger partial charge in [-0.1, -0.05) is 0 Å². The van der Waals surface area contributed by atoms with Crippen LogP contribution in [0.2, 0.25) is 0 Å². The Balaban J connectivity index is 1.81. The molecule has 25 heavy (non-hydrogen) atoms. The van der Waals surface area contributed by atoms with E-state index < -0.39 is 0 Å². The molecule has 0 aromatic heterocycles. The Morgan fingerprint density at radius 1 is 1.16 bits per heavy atom. The number of anilines is 1. The van der Waals surface area contributed by atoms with Crippen LogP contribution >= 0.6 is 0 Å². The van der Waals surface area contributed by atoms with Gasteiger partial charge < -0.3 is 19.7 Å². The number of urea groups is 1. The van der Waals surface area contributed by atoms with Gasteiger partial charge in [0.05, 0.1) is 20.3 Å². The van der Waals surface area contributed by atoms with Crippen LogP contribution in [0.15, 0.2) is 36.4 Å². The summed E-state index contributed by atoms with van der Waals surface area (Å²) in [6.07, 6.45) is 0.733. The molecule has 0 saturated heterocycles. The number of hydrogen-bond donors (Lipinski definition) is 1. The summed E-state index contributed by atoms with van der Waals surface area (Å²) >= 11 is 0. The molecule has 1 N–H and O–H groups in total. The number of ether oxygens (including phenoxy) is 2. The van der Waals surface area contributed by atoms with Crippen molar-refractivity contribution in [3.8, 4) is 11.5 Å². The Kier molecular flexibility index (Phi) is 4.79. The van der Waals surface area contributed by atoms with E-state index in [1.807, 2.05) is 19.1 Å². The van der Waals surface area contributed by atoms with E-state index >= 15 is 0 Å². The molecule has 132 valence electrons. The number of methoxy groups -OCH3 is 2. The smallest absolute Gasteiger partial charge is 0.322 e. The van der Waals surface area contributed by atoms with Crippen LogP contribution in [0.25, 0.3) is 0 Å². The molecule has 1 aliphatic heterocycles. The molecule has 0 radical (unpaired) electrons. The van der Waals surface area contributed by atoms with Gasteiger partial charge in [-0.05, 0) is 60.9 Å². The van der Waals surface area contributed by atoms with Crippen molar-refractivity contribution >= 4 is 11.7 Å². The summed E-state index contributed by atoms with van der Waals surface area (Å²) < 4.78 is 23.7. The number of amides is 2. The van der Waals surface area contributed by atoms with Crippen LogP contribution in [-0.4, -0.2) is 31.7 Å². The zero-order valence-electron chi connectivity index (χ0n) is 14.5. The predicted octanol–water partition coefficient (Wildman–Crippen LogP) is 3.99. The van der Waals surface area contributed by atoms with Gasteiger partial charge in [0, 0.05) is 12.2 Å². The quantitative estimate of drug-likeness (QED) is 0.916. The second-order valence-electron chi connectivity index (χ2n) is 5.96. The lowest BCUT2D eigenvalue weighted by Gasteiger charge is -2.35. The monoisotopic (exact) mass is 344 g/mol. The first-order valence-electron chi connectivity index (χ1n) is 8.11. The fourth-order valence-electron chi connectivity index (χ4n) is 3.15. The van der Waals surface area contributed by atoms with E-state index in [4.69, 9.17) is 9.47 Å². The molecule has 0 bridgehead atoms. The van der Waals surface area contributed by atoms with Gasteiger partial charge in [0.1, 0.15) is 5.82 Å². The van der Waals surface area contributed by atoms with Gasteiger partial charge in [-0.3, -0.25) is 0 Å². The second-order valence-corrected chi connectivity index (χ2v) is 5.96. The molecule has 0 spiro atoms. The number of carbonyl (C=O) groups excluding carboxylic acids is 1. The number of rotatable bonds is 3. The maximum atomic E-state index is 13.0. The highest BCUT2D eigenvalue weighted by molar-refractivity contribution is 5.89. The molecule has 2 amide bonds. The maximum Gasteiger partial charge on any atom is 0.322 e. The third-order valence-corrected chi connectivity index (χ3v) is 4.54. The first kappa shape index (κ1) is 17.1. The third-order valence-electron chi connectivity index (χ3n) is 4.54. The van der Waals surface area contributed by atoms with E-state index in [0.29, 0.717) is 23.7 Å². The topological polar surface area (TPSA) is 50.8 Å². The first-order chi connectivity index (χ1) is 12.0. The minimum absolute atomic E-state index is 0.107. The molecule has 0 saturated carbocycles. The molecule has 0 unspecified atom stereocenters. The molecule has 3 rings (SSSR count). The zero-order chi connectivity index (χ0) is 18.0. The van der Waals surface area contributed by atoms with Crippen LogP contribution in [0.5, 0.6) is 11.5 Å². The molecule has 0 aliphatic carbocycles. The minimum atomic E-state index is -0.334. The van der Waals surface area contributed by atoms with Gasteiger partial charge in [0.2, 0.25) is 0 Å². The molecule has 6 heteroatoms. The Hall–Kier alpha value is -2.76. The average Bonchev–Trinajstić information content (AvgIpc) is 2.62. The highest BCUT2D eigenvalue weighted by Crippen LogP contribution is 2.38. The number of benzene rings is 2. The van der Waals surface area contributed by atoms with Crippen molar-refractivity contribution in [3.63, 3.8) is 0 Å². The van der Waals surface area contributed by atoms with E-state index in [-0.39, 0.29) is 17.9 Å². The summed E-state index contributed by atoms with van der Waals surface area (Å²) in [4.78, 5) is 14.4. The largest absolute Gasteiger partial charge is 0.493 e. The van der Waals surface area contributed by atoms with Crippen molar-refractivity contribution in [2.45, 2.75) is 19.4 Å². The van der Waals surface area contributed by atoms with Crippen molar-refractivity contribution in [2.75, 3.05) is 26.1 Å². The summed E-state index contributed by atoms with van der Waals surface area (Å²) in [5.74, 6) is 1.01. The van der Waals surface area contributed by atoms with Gasteiger partial charge in [0.15, 0.2) is 11.5 Å². The van der Waals surface area contributed by atoms with E-state index in [1.165, 1.54) is 12.1 Å². The summed E-state index contributed by atoms with van der Waals surface area (Å²) in [7, 11) is 3.20. The summed E-state index contributed by atoms with van der Waals surface area (Å²) in [5, 5.41) is 2.82. The summed E-state index contributed by atoms with van der Waals surface area (Å²) in [6, 6.07) is 9.32. The molecule has 2 aromatic rings. The van der Waals surface area contributed by atoms with Crippen LogP contribution in [-0.2, 0) is 6.42 Å². The molecule has 1 heterocycles. The van der Waals surface area contributed by atoms with Gasteiger partial charge in [-0.15, -0.1) is 0 Å². The van der Waals surface area contributed by atoms with E-state index in [0.717, 1.165) is 17.5 Å². The van der Waals surface area contributed by atoms with Crippen LogP contribution in [0.3, 0.4) is 0 Å². The Morgan fingerprint density at radius 3 is 2.44 bits per heavy atom. The van der Waals surface area contributed by atoms with Gasteiger partial charge in [0.25, 0.3) is 0 Å². The van der Waals surface area contributed by atoms with Crippen molar-refractivity contribution in [1.82, 2.24) is 4.90 Å². The SMILES string of the molecule is COc1cc2c(cc1OC)[C@@H](C)N(C(=O)Nc1ccc(F)cc1)CC2. The highest BCUT2D eigenvalue weighted by atomic mass is 19.1. The number of fused-ring (bicyclic) bond motifs is 1. The number of carbonyl (C=O) groups is 1. The average molecular weight is 344 g/mol. The maximum absolute atomic E-state index is 13.0. The fourth-order valence-corrected chi connectivity index (χ4v) is 3.15. The molecule has 0 fully saturated rings. The van der Waals surface area contributed by atoms with Crippen molar-refractivity contribution in [1.29, 1.82) is 0 Å². The Labute approximate surface area is 146 Å². The lowest BCUT2D eigenvalue weighted by molar-refractivity contribution is 0.188. The van der Waals surface area contributed by atoms with Gasteiger partial charge >= 0.3 is 6.03 Å². The lowest BCUT2D eigenvalue weighted by atomic mass is 9.93. The number of nitrogens with zero attached hydrogens (tertiary/aromatic N) is 1. The van der Waals surface area contributed by atoms with Crippen LogP contribution in [0.4, 0.5) is 14.9 Å². The molecule has 1 aliphatic rings. The predicted molar refractivity (Wildman–Crippen MR) is 93.8 cm³/mol. The minimum Gasteiger partial charge on any atom is -0.493 e. The molecule has 2 aromatic carbocycles. The standard InChI is InChI=1S/C19H21FN2O3/c1-12-16-11-18(25-3)17(24-2)10-13(16)8-9-22(12)19(23)21-15-6-4-14(20)5-7-15/h4-7,10-12H,8-9H2,1-3H3,(H,21,23)/t12-/m1/s1. The molecular weight excluding hydrogens is 323 g/mol. The van der Waals surface area contributed by atoms with Crippen LogP contribution in [0, 0.1) is 5.82 Å². The Bertz CT molecular complexity index is 777. The fraction of sp³-hybridized carbons (Fsp3) is 0.316. The highest BCUT2D eigenvalue weighted by Gasteiger charge is 2.29. The molecule has 1 atom stereocenters. The lowest BCUT2D eigenvalue weighted by Crippen LogP contribution is -2.41. The van der Waals surface area contributed by atoms with Crippen LogP contribution in [0.1, 0.15) is 24.1 Å². The van der Waals surface area contributed by atoms with E-state index in [9.17, 15) is 9.18 Å². The second kappa shape index (κ2) is 7.01. The molecular formula is C19H21FN2O3. The number of hydrogen-bond acceptors (Lipinski definition) is 3. The van der Waals surface area contributed by atoms with Gasteiger partial charge in [-0.25, -0.2) is 9.18 Å². The Morgan fingerprint density at radius 2 is 1.80 bits per heavy atom. The van der Waals surface area contributed by atoms with Crippen molar-refractivity contribution < 1.29 is 18.7 Å². The van der Waals surface area contributed by atoms with E-state index in [2.05, 4.69) is 5.32 Å². The van der Waals surface area contributed by atoms with Crippen molar-refractivity contribution in [3.05, 3.63) is 53.3 Å². The van der Waals surface area contributed by atoms with Crippen LogP contribution < -0.4 is 14.8 Å².